The van der Waals surface area contributed by atoms with Crippen LogP contribution in [-0.2, 0) is 0 Å². The molecule has 6 nitrogen and oxygen atoms in total. The van der Waals surface area contributed by atoms with Crippen molar-refractivity contribution in [1.29, 1.82) is 0 Å². The predicted octanol–water partition coefficient (Wildman–Crippen LogP) is 2.04. The van der Waals surface area contributed by atoms with Crippen molar-refractivity contribution in [1.82, 2.24) is 4.98 Å². The summed E-state index contributed by atoms with van der Waals surface area (Å²) < 4.78 is 0. The van der Waals surface area contributed by atoms with Crippen molar-refractivity contribution in [2.45, 2.75) is 44.8 Å². The number of aryl methyl sites for hydroxylation is 1. The van der Waals surface area contributed by atoms with Crippen LogP contribution in [0.1, 0.15) is 31.4 Å². The van der Waals surface area contributed by atoms with Gasteiger partial charge < -0.3 is 10.0 Å². The first-order chi connectivity index (χ1) is 9.00. The number of aromatic nitrogens is 1. The summed E-state index contributed by atoms with van der Waals surface area (Å²) in [5.74, 6) is 0.675. The van der Waals surface area contributed by atoms with Gasteiger partial charge in [-0.2, -0.15) is 0 Å². The Kier molecular flexibility index (Phi) is 3.99. The first kappa shape index (κ1) is 13.7. The Labute approximate surface area is 112 Å². The highest BCUT2D eigenvalue weighted by Gasteiger charge is 2.28. The van der Waals surface area contributed by atoms with Crippen LogP contribution in [0.4, 0.5) is 11.5 Å². The molecule has 2 atom stereocenters. The van der Waals surface area contributed by atoms with Crippen molar-refractivity contribution in [3.63, 3.8) is 0 Å². The third-order valence-electron chi connectivity index (χ3n) is 3.79. The van der Waals surface area contributed by atoms with Crippen LogP contribution in [0.25, 0.3) is 0 Å². The number of pyridine rings is 1. The fourth-order valence-electron chi connectivity index (χ4n) is 2.64. The fraction of sp³-hybridized carbons (Fsp3) is 0.615. The van der Waals surface area contributed by atoms with Gasteiger partial charge in [-0.15, -0.1) is 0 Å². The molecule has 0 bridgehead atoms. The molecule has 1 heterocycles. The number of likely N-dealkylation sites (N-methyl/N-ethyl adjacent to an activating group) is 1. The average molecular weight is 265 g/mol. The second kappa shape index (κ2) is 5.52. The first-order valence-electron chi connectivity index (χ1n) is 6.53. The van der Waals surface area contributed by atoms with Crippen LogP contribution in [0.15, 0.2) is 12.1 Å². The lowest BCUT2D eigenvalue weighted by Crippen LogP contribution is -2.43. The Bertz CT molecular complexity index is 478. The van der Waals surface area contributed by atoms with Crippen LogP contribution in [-0.4, -0.2) is 34.2 Å². The van der Waals surface area contributed by atoms with E-state index in [0.717, 1.165) is 25.7 Å². The number of aliphatic hydroxyl groups excluding tert-OH is 1. The van der Waals surface area contributed by atoms with Crippen LogP contribution in [0.2, 0.25) is 0 Å². The van der Waals surface area contributed by atoms with Crippen LogP contribution in [0.5, 0.6) is 0 Å². The highest BCUT2D eigenvalue weighted by molar-refractivity contribution is 5.47. The monoisotopic (exact) mass is 265 g/mol. The third-order valence-corrected chi connectivity index (χ3v) is 3.79. The molecule has 2 unspecified atom stereocenters. The Morgan fingerprint density at radius 1 is 1.42 bits per heavy atom. The Morgan fingerprint density at radius 2 is 2.11 bits per heavy atom. The lowest BCUT2D eigenvalue weighted by Gasteiger charge is -2.35. The highest BCUT2D eigenvalue weighted by Crippen LogP contribution is 2.27. The van der Waals surface area contributed by atoms with Gasteiger partial charge in [-0.05, 0) is 25.8 Å². The van der Waals surface area contributed by atoms with Crippen LogP contribution >= 0.6 is 0 Å². The van der Waals surface area contributed by atoms with Gasteiger partial charge in [0.25, 0.3) is 5.69 Å². The molecule has 19 heavy (non-hydrogen) atoms. The van der Waals surface area contributed by atoms with Crippen LogP contribution in [0.3, 0.4) is 0 Å². The molecule has 0 radical (unpaired) electrons. The zero-order valence-corrected chi connectivity index (χ0v) is 11.2. The Morgan fingerprint density at radius 3 is 2.68 bits per heavy atom. The molecule has 1 aromatic heterocycles. The molecule has 6 heteroatoms. The van der Waals surface area contributed by atoms with Gasteiger partial charge in [-0.1, -0.05) is 12.8 Å². The quantitative estimate of drug-likeness (QED) is 0.668. The molecule has 1 fully saturated rings. The molecule has 0 aromatic carbocycles. The van der Waals surface area contributed by atoms with Gasteiger partial charge >= 0.3 is 0 Å². The summed E-state index contributed by atoms with van der Waals surface area (Å²) >= 11 is 0. The minimum atomic E-state index is -0.429. The first-order valence-corrected chi connectivity index (χ1v) is 6.53. The Hall–Kier alpha value is -1.69. The van der Waals surface area contributed by atoms with Gasteiger partial charge in [0.15, 0.2) is 0 Å². The van der Waals surface area contributed by atoms with Gasteiger partial charge in [0.05, 0.1) is 17.1 Å². The van der Waals surface area contributed by atoms with Crippen molar-refractivity contribution in [2.75, 3.05) is 11.9 Å². The molecule has 0 aliphatic heterocycles. The summed E-state index contributed by atoms with van der Waals surface area (Å²) in [5.41, 5.74) is 0.431. The SMILES string of the molecule is Cc1nc(N(C)C2CCCCC2O)ccc1[N+](=O)[O-]. The summed E-state index contributed by atoms with van der Waals surface area (Å²) in [5, 5.41) is 20.8. The molecular weight excluding hydrogens is 246 g/mol. The minimum absolute atomic E-state index is 0.0290. The van der Waals surface area contributed by atoms with E-state index >= 15 is 0 Å². The summed E-state index contributed by atoms with van der Waals surface area (Å²) in [6.45, 7) is 1.63. The maximum atomic E-state index is 10.8. The number of hydrogen-bond acceptors (Lipinski definition) is 5. The number of nitro groups is 1. The molecule has 0 amide bonds. The van der Waals surface area contributed by atoms with Gasteiger partial charge in [-0.25, -0.2) is 4.98 Å². The van der Waals surface area contributed by atoms with Gasteiger partial charge in [0.2, 0.25) is 0 Å². The van der Waals surface area contributed by atoms with Crippen molar-refractivity contribution in [3.8, 4) is 0 Å². The smallest absolute Gasteiger partial charge is 0.290 e. The predicted molar refractivity (Wildman–Crippen MR) is 72.3 cm³/mol. The molecular formula is C13H19N3O3. The number of anilines is 1. The van der Waals surface area contributed by atoms with Crippen molar-refractivity contribution in [3.05, 3.63) is 27.9 Å². The molecule has 1 saturated carbocycles. The summed E-state index contributed by atoms with van der Waals surface area (Å²) in [6.07, 6.45) is 3.53. The van der Waals surface area contributed by atoms with Crippen molar-refractivity contribution < 1.29 is 10.0 Å². The number of aliphatic hydroxyl groups is 1. The fourth-order valence-corrected chi connectivity index (χ4v) is 2.64. The van der Waals surface area contributed by atoms with Crippen molar-refractivity contribution in [2.24, 2.45) is 0 Å². The van der Waals surface area contributed by atoms with E-state index in [9.17, 15) is 15.2 Å². The summed E-state index contributed by atoms with van der Waals surface area (Å²) in [4.78, 5) is 16.5. The zero-order chi connectivity index (χ0) is 14.0. The Balaban J connectivity index is 2.21. The average Bonchev–Trinajstić information content (AvgIpc) is 2.38. The molecule has 0 saturated heterocycles. The maximum Gasteiger partial charge on any atom is 0.290 e. The van der Waals surface area contributed by atoms with Crippen LogP contribution < -0.4 is 4.90 Å². The van der Waals surface area contributed by atoms with Gasteiger partial charge in [0.1, 0.15) is 11.5 Å². The zero-order valence-electron chi connectivity index (χ0n) is 11.2. The van der Waals surface area contributed by atoms with Gasteiger partial charge in [-0.3, -0.25) is 10.1 Å². The lowest BCUT2D eigenvalue weighted by atomic mass is 9.91. The minimum Gasteiger partial charge on any atom is -0.391 e. The second-order valence-corrected chi connectivity index (χ2v) is 5.06. The molecule has 0 spiro atoms. The van der Waals surface area contributed by atoms with Crippen LogP contribution in [0, 0.1) is 17.0 Å². The van der Waals surface area contributed by atoms with E-state index in [-0.39, 0.29) is 17.8 Å². The largest absolute Gasteiger partial charge is 0.391 e. The van der Waals surface area contributed by atoms with Gasteiger partial charge in [0, 0.05) is 13.1 Å². The number of hydrogen-bond donors (Lipinski definition) is 1. The summed E-state index contributed by atoms with van der Waals surface area (Å²) in [7, 11) is 1.88. The van der Waals surface area contributed by atoms with Crippen molar-refractivity contribution >= 4 is 11.5 Å². The normalized spacial score (nSPS) is 23.1. The van der Waals surface area contributed by atoms with E-state index in [1.807, 2.05) is 11.9 Å². The molecule has 1 aromatic rings. The van der Waals surface area contributed by atoms with E-state index in [0.29, 0.717) is 11.5 Å². The standard InChI is InChI=1S/C13H19N3O3/c1-9-10(16(18)19)7-8-13(14-9)15(2)11-5-3-4-6-12(11)17/h7-8,11-12,17H,3-6H2,1-2H3. The lowest BCUT2D eigenvalue weighted by molar-refractivity contribution is -0.385. The van der Waals surface area contributed by atoms with E-state index in [4.69, 9.17) is 0 Å². The molecule has 2 rings (SSSR count). The van der Waals surface area contributed by atoms with E-state index in [1.54, 1.807) is 13.0 Å². The third kappa shape index (κ3) is 2.84. The molecule has 1 aliphatic carbocycles. The topological polar surface area (TPSA) is 79.5 Å². The summed E-state index contributed by atoms with van der Waals surface area (Å²) in [6, 6.07) is 3.16. The highest BCUT2D eigenvalue weighted by atomic mass is 16.6. The van der Waals surface area contributed by atoms with E-state index in [1.165, 1.54) is 6.07 Å². The molecule has 1 aliphatic rings. The number of rotatable bonds is 3. The molecule has 104 valence electrons. The van der Waals surface area contributed by atoms with E-state index < -0.39 is 4.92 Å². The molecule has 1 N–H and O–H groups in total. The number of nitrogens with zero attached hydrogens (tertiary/aromatic N) is 3. The second-order valence-electron chi connectivity index (χ2n) is 5.06. The maximum absolute atomic E-state index is 10.8. The van der Waals surface area contributed by atoms with E-state index in [2.05, 4.69) is 4.98 Å².